The van der Waals surface area contributed by atoms with Crippen molar-refractivity contribution < 1.29 is 4.79 Å². The van der Waals surface area contributed by atoms with Crippen LogP contribution in [0.3, 0.4) is 0 Å². The quantitative estimate of drug-likeness (QED) is 0.602. The highest BCUT2D eigenvalue weighted by Gasteiger charge is 2.19. The molecule has 0 saturated carbocycles. The SMILES string of the molecule is CC(C)c1nccn1CCCNC(=O)c1ccc(N2CCc3[nH]ncc3C2)nc1. The molecule has 29 heavy (non-hydrogen) atoms. The number of pyridine rings is 1. The van der Waals surface area contributed by atoms with Gasteiger partial charge in [-0.15, -0.1) is 0 Å². The van der Waals surface area contributed by atoms with Gasteiger partial charge in [0.05, 0.1) is 11.8 Å². The van der Waals surface area contributed by atoms with Gasteiger partial charge in [-0.2, -0.15) is 5.10 Å². The number of fused-ring (bicyclic) bond motifs is 1. The minimum atomic E-state index is -0.0884. The summed E-state index contributed by atoms with van der Waals surface area (Å²) in [6.07, 6.45) is 9.13. The Kier molecular flexibility index (Phi) is 5.59. The molecular weight excluding hydrogens is 366 g/mol. The Morgan fingerprint density at radius 1 is 1.28 bits per heavy atom. The van der Waals surface area contributed by atoms with Gasteiger partial charge in [0.1, 0.15) is 11.6 Å². The zero-order chi connectivity index (χ0) is 20.2. The lowest BCUT2D eigenvalue weighted by molar-refractivity contribution is 0.0952. The van der Waals surface area contributed by atoms with E-state index in [4.69, 9.17) is 0 Å². The topological polar surface area (TPSA) is 91.7 Å². The van der Waals surface area contributed by atoms with E-state index in [2.05, 4.69) is 48.8 Å². The third kappa shape index (κ3) is 4.31. The number of nitrogens with zero attached hydrogens (tertiary/aromatic N) is 5. The molecule has 8 heteroatoms. The second-order valence-electron chi connectivity index (χ2n) is 7.69. The van der Waals surface area contributed by atoms with Crippen molar-refractivity contribution >= 4 is 11.7 Å². The Hall–Kier alpha value is -3.16. The predicted octanol–water partition coefficient (Wildman–Crippen LogP) is 2.51. The molecule has 1 aliphatic rings. The number of rotatable bonds is 7. The molecular formula is C21H27N7O. The van der Waals surface area contributed by atoms with E-state index in [0.29, 0.717) is 18.0 Å². The number of aromatic amines is 1. The summed E-state index contributed by atoms with van der Waals surface area (Å²) in [5, 5.41) is 10.1. The zero-order valence-electron chi connectivity index (χ0n) is 16.9. The number of amides is 1. The van der Waals surface area contributed by atoms with Crippen molar-refractivity contribution in [2.75, 3.05) is 18.0 Å². The minimum Gasteiger partial charge on any atom is -0.352 e. The summed E-state index contributed by atoms with van der Waals surface area (Å²) in [6.45, 7) is 7.41. The monoisotopic (exact) mass is 393 g/mol. The summed E-state index contributed by atoms with van der Waals surface area (Å²) in [7, 11) is 0. The number of anilines is 1. The van der Waals surface area contributed by atoms with Crippen molar-refractivity contribution in [3.63, 3.8) is 0 Å². The van der Waals surface area contributed by atoms with Crippen LogP contribution >= 0.6 is 0 Å². The summed E-state index contributed by atoms with van der Waals surface area (Å²) in [4.78, 5) is 23.5. The van der Waals surface area contributed by atoms with Crippen molar-refractivity contribution in [2.45, 2.75) is 45.7 Å². The van der Waals surface area contributed by atoms with Gasteiger partial charge in [-0.05, 0) is 18.6 Å². The number of carbonyl (C=O) groups is 1. The van der Waals surface area contributed by atoms with Crippen LogP contribution in [0, 0.1) is 0 Å². The van der Waals surface area contributed by atoms with Crippen LogP contribution in [0.2, 0.25) is 0 Å². The third-order valence-electron chi connectivity index (χ3n) is 5.26. The summed E-state index contributed by atoms with van der Waals surface area (Å²) >= 11 is 0. The van der Waals surface area contributed by atoms with E-state index in [1.807, 2.05) is 30.7 Å². The maximum Gasteiger partial charge on any atom is 0.252 e. The van der Waals surface area contributed by atoms with Crippen LogP contribution in [0.5, 0.6) is 0 Å². The van der Waals surface area contributed by atoms with Crippen LogP contribution in [-0.4, -0.2) is 43.7 Å². The molecule has 4 rings (SSSR count). The lowest BCUT2D eigenvalue weighted by Crippen LogP contribution is -2.31. The number of hydrogen-bond donors (Lipinski definition) is 2. The van der Waals surface area contributed by atoms with Gasteiger partial charge in [-0.3, -0.25) is 9.89 Å². The average molecular weight is 393 g/mol. The van der Waals surface area contributed by atoms with E-state index in [9.17, 15) is 4.79 Å². The molecule has 8 nitrogen and oxygen atoms in total. The van der Waals surface area contributed by atoms with E-state index in [1.165, 1.54) is 11.3 Å². The highest BCUT2D eigenvalue weighted by molar-refractivity contribution is 5.94. The molecule has 0 saturated heterocycles. The molecule has 0 aliphatic carbocycles. The zero-order valence-corrected chi connectivity index (χ0v) is 16.9. The highest BCUT2D eigenvalue weighted by atomic mass is 16.1. The van der Waals surface area contributed by atoms with Gasteiger partial charge in [-0.25, -0.2) is 9.97 Å². The average Bonchev–Trinajstić information content (AvgIpc) is 3.40. The van der Waals surface area contributed by atoms with Gasteiger partial charge in [0.2, 0.25) is 0 Å². The molecule has 0 fully saturated rings. The normalized spacial score (nSPS) is 13.6. The smallest absolute Gasteiger partial charge is 0.252 e. The van der Waals surface area contributed by atoms with Crippen LogP contribution in [0.4, 0.5) is 5.82 Å². The maximum atomic E-state index is 12.4. The number of nitrogens with one attached hydrogen (secondary N) is 2. The molecule has 4 heterocycles. The van der Waals surface area contributed by atoms with Gasteiger partial charge in [0, 0.05) is 68.4 Å². The Morgan fingerprint density at radius 3 is 2.97 bits per heavy atom. The van der Waals surface area contributed by atoms with E-state index in [0.717, 1.165) is 44.1 Å². The molecule has 0 aromatic carbocycles. The van der Waals surface area contributed by atoms with Crippen LogP contribution in [0.1, 0.15) is 53.6 Å². The molecule has 3 aromatic heterocycles. The van der Waals surface area contributed by atoms with Crippen LogP contribution in [-0.2, 0) is 19.5 Å². The fourth-order valence-electron chi connectivity index (χ4n) is 3.69. The largest absolute Gasteiger partial charge is 0.352 e. The van der Waals surface area contributed by atoms with Crippen molar-refractivity contribution in [2.24, 2.45) is 0 Å². The molecule has 2 N–H and O–H groups in total. The van der Waals surface area contributed by atoms with Crippen molar-refractivity contribution in [1.29, 1.82) is 0 Å². The van der Waals surface area contributed by atoms with E-state index in [1.54, 1.807) is 6.20 Å². The first-order chi connectivity index (χ1) is 14.1. The first-order valence-corrected chi connectivity index (χ1v) is 10.1. The van der Waals surface area contributed by atoms with Crippen molar-refractivity contribution in [3.05, 3.63) is 59.6 Å². The molecule has 0 radical (unpaired) electrons. The van der Waals surface area contributed by atoms with Crippen LogP contribution in [0.15, 0.2) is 36.9 Å². The fraction of sp³-hybridized carbons (Fsp3) is 0.429. The summed E-state index contributed by atoms with van der Waals surface area (Å²) in [5.41, 5.74) is 2.99. The summed E-state index contributed by atoms with van der Waals surface area (Å²) in [6, 6.07) is 3.76. The number of carbonyl (C=O) groups excluding carboxylic acids is 1. The van der Waals surface area contributed by atoms with Gasteiger partial charge in [0.15, 0.2) is 0 Å². The minimum absolute atomic E-state index is 0.0884. The van der Waals surface area contributed by atoms with Gasteiger partial charge >= 0.3 is 0 Å². The van der Waals surface area contributed by atoms with E-state index in [-0.39, 0.29) is 5.91 Å². The van der Waals surface area contributed by atoms with E-state index >= 15 is 0 Å². The van der Waals surface area contributed by atoms with Gasteiger partial charge in [0.25, 0.3) is 5.91 Å². The summed E-state index contributed by atoms with van der Waals surface area (Å²) in [5.74, 6) is 2.27. The molecule has 0 unspecified atom stereocenters. The van der Waals surface area contributed by atoms with Crippen LogP contribution in [0.25, 0.3) is 0 Å². The number of H-pyrrole nitrogens is 1. The van der Waals surface area contributed by atoms with Gasteiger partial charge < -0.3 is 14.8 Å². The molecule has 0 atom stereocenters. The molecule has 0 spiro atoms. The number of imidazole rings is 1. The third-order valence-corrected chi connectivity index (χ3v) is 5.26. The Balaban J connectivity index is 1.27. The van der Waals surface area contributed by atoms with Crippen molar-refractivity contribution in [1.82, 2.24) is 30.0 Å². The Bertz CT molecular complexity index is 958. The van der Waals surface area contributed by atoms with Crippen LogP contribution < -0.4 is 10.2 Å². The maximum absolute atomic E-state index is 12.4. The van der Waals surface area contributed by atoms with E-state index < -0.39 is 0 Å². The first kappa shape index (κ1) is 19.2. The summed E-state index contributed by atoms with van der Waals surface area (Å²) < 4.78 is 2.15. The number of aromatic nitrogens is 5. The first-order valence-electron chi connectivity index (χ1n) is 10.1. The number of hydrogen-bond acceptors (Lipinski definition) is 5. The second kappa shape index (κ2) is 8.46. The fourth-order valence-corrected chi connectivity index (χ4v) is 3.69. The Morgan fingerprint density at radius 2 is 2.17 bits per heavy atom. The van der Waals surface area contributed by atoms with Crippen molar-refractivity contribution in [3.8, 4) is 0 Å². The lowest BCUT2D eigenvalue weighted by atomic mass is 10.1. The lowest BCUT2D eigenvalue weighted by Gasteiger charge is -2.27. The second-order valence-corrected chi connectivity index (χ2v) is 7.69. The molecule has 152 valence electrons. The van der Waals surface area contributed by atoms with Gasteiger partial charge in [-0.1, -0.05) is 13.8 Å². The Labute approximate surface area is 170 Å². The molecule has 1 aliphatic heterocycles. The molecule has 3 aromatic rings. The standard InChI is InChI=1S/C21H27N7O/c1-15(2)20-22-8-11-27(20)9-3-7-23-21(29)16-4-5-19(24-12-16)28-10-6-18-17(14-28)13-25-26-18/h4-5,8,11-13,15H,3,6-7,9-10,14H2,1-2H3,(H,23,29)(H,25,26). The predicted molar refractivity (Wildman–Crippen MR) is 111 cm³/mol. The highest BCUT2D eigenvalue weighted by Crippen LogP contribution is 2.21. The molecule has 1 amide bonds. The number of aryl methyl sites for hydroxylation is 1. The molecule has 0 bridgehead atoms.